The quantitative estimate of drug-likeness (QED) is 0.264. The largest absolute Gasteiger partial charge is 0.333 e. The molecule has 150 valence electrons. The van der Waals surface area contributed by atoms with Gasteiger partial charge in [-0.15, -0.1) is 0 Å². The number of aromatic nitrogens is 2. The van der Waals surface area contributed by atoms with Gasteiger partial charge in [-0.1, -0.05) is 36.0 Å². The van der Waals surface area contributed by atoms with Gasteiger partial charge in [0, 0.05) is 22.9 Å². The topological polar surface area (TPSA) is 70.1 Å². The number of amides is 1. The monoisotopic (exact) mass is 422 g/mol. The summed E-state index contributed by atoms with van der Waals surface area (Å²) in [5.41, 5.74) is 5.78. The molecule has 0 saturated carbocycles. The third-order valence-corrected chi connectivity index (χ3v) is 5.24. The summed E-state index contributed by atoms with van der Waals surface area (Å²) in [5.74, 6) is -1.15. The Morgan fingerprint density at radius 2 is 1.90 bits per heavy atom. The van der Waals surface area contributed by atoms with Gasteiger partial charge in [0.25, 0.3) is 5.91 Å². The lowest BCUT2D eigenvalue weighted by Crippen LogP contribution is -2.17. The first kappa shape index (κ1) is 19.8. The fraction of sp³-hybridized carbons (Fsp3) is 0.0455. The molecule has 5 nitrogen and oxygen atoms in total. The van der Waals surface area contributed by atoms with Gasteiger partial charge in [-0.3, -0.25) is 4.79 Å². The molecule has 0 bridgehead atoms. The molecule has 1 aromatic heterocycles. The van der Waals surface area contributed by atoms with E-state index < -0.39 is 17.5 Å². The summed E-state index contributed by atoms with van der Waals surface area (Å²) in [4.78, 5) is 20.0. The average molecular weight is 422 g/mol. The maximum absolute atomic E-state index is 13.5. The van der Waals surface area contributed by atoms with Gasteiger partial charge in [0.15, 0.2) is 5.16 Å². The molecule has 4 rings (SSSR count). The predicted octanol–water partition coefficient (Wildman–Crippen LogP) is 4.90. The minimum atomic E-state index is -0.751. The van der Waals surface area contributed by atoms with E-state index in [-0.39, 0.29) is 5.56 Å². The molecule has 3 aromatic carbocycles. The van der Waals surface area contributed by atoms with Crippen LogP contribution in [0.1, 0.15) is 21.5 Å². The van der Waals surface area contributed by atoms with Crippen LogP contribution in [0.3, 0.4) is 0 Å². The Bertz CT molecular complexity index is 1190. The van der Waals surface area contributed by atoms with Gasteiger partial charge in [0.2, 0.25) is 0 Å². The van der Waals surface area contributed by atoms with E-state index in [9.17, 15) is 13.6 Å². The summed E-state index contributed by atoms with van der Waals surface area (Å²) in [6.45, 7) is 0. The highest BCUT2D eigenvalue weighted by Gasteiger charge is 2.07. The lowest BCUT2D eigenvalue weighted by Gasteiger charge is -2.03. The van der Waals surface area contributed by atoms with Crippen molar-refractivity contribution >= 4 is 34.9 Å². The van der Waals surface area contributed by atoms with Crippen LogP contribution < -0.4 is 5.43 Å². The molecule has 0 atom stereocenters. The van der Waals surface area contributed by atoms with Gasteiger partial charge < -0.3 is 4.98 Å². The smallest absolute Gasteiger partial charge is 0.271 e. The lowest BCUT2D eigenvalue weighted by atomic mass is 10.1. The normalized spacial score (nSPS) is 11.3. The molecule has 2 N–H and O–H groups in total. The number of hydrazone groups is 1. The van der Waals surface area contributed by atoms with Crippen LogP contribution in [0.2, 0.25) is 0 Å². The Balaban J connectivity index is 1.33. The zero-order valence-electron chi connectivity index (χ0n) is 15.6. The second-order valence-corrected chi connectivity index (χ2v) is 7.37. The zero-order chi connectivity index (χ0) is 20.9. The van der Waals surface area contributed by atoms with E-state index >= 15 is 0 Å². The van der Waals surface area contributed by atoms with Crippen molar-refractivity contribution in [3.63, 3.8) is 0 Å². The molecule has 1 heterocycles. The molecule has 0 saturated heterocycles. The van der Waals surface area contributed by atoms with E-state index in [2.05, 4.69) is 20.5 Å². The molecule has 0 aliphatic rings. The number of para-hydroxylation sites is 2. The minimum absolute atomic E-state index is 0.0784. The number of benzene rings is 3. The number of carbonyl (C=O) groups is 1. The SMILES string of the molecule is O=C(N/N=C/c1ccc(F)cc1F)c1ccc(CSc2nc3ccccc3[nH]2)cc1. The number of nitrogens with one attached hydrogen (secondary N) is 2. The molecule has 1 amide bonds. The second-order valence-electron chi connectivity index (χ2n) is 6.41. The molecule has 0 spiro atoms. The lowest BCUT2D eigenvalue weighted by molar-refractivity contribution is 0.0955. The highest BCUT2D eigenvalue weighted by molar-refractivity contribution is 7.98. The number of rotatable bonds is 6. The Labute approximate surface area is 175 Å². The van der Waals surface area contributed by atoms with E-state index in [0.717, 1.165) is 40.1 Å². The number of thioether (sulfide) groups is 1. The molecular formula is C22H16F2N4OS. The maximum atomic E-state index is 13.5. The number of aromatic amines is 1. The number of carbonyl (C=O) groups excluding carboxylic acids is 1. The van der Waals surface area contributed by atoms with Crippen LogP contribution in [0.5, 0.6) is 0 Å². The fourth-order valence-electron chi connectivity index (χ4n) is 2.73. The number of hydrogen-bond donors (Lipinski definition) is 2. The minimum Gasteiger partial charge on any atom is -0.333 e. The van der Waals surface area contributed by atoms with Crippen LogP contribution in [0.25, 0.3) is 11.0 Å². The number of hydrogen-bond acceptors (Lipinski definition) is 4. The summed E-state index contributed by atoms with van der Waals surface area (Å²) in [7, 11) is 0. The number of imidazole rings is 1. The summed E-state index contributed by atoms with van der Waals surface area (Å²) < 4.78 is 26.4. The Kier molecular flexibility index (Phi) is 5.85. The second kappa shape index (κ2) is 8.87. The van der Waals surface area contributed by atoms with Crippen molar-refractivity contribution < 1.29 is 13.6 Å². The Morgan fingerprint density at radius 3 is 2.67 bits per heavy atom. The van der Waals surface area contributed by atoms with Crippen molar-refractivity contribution in [2.75, 3.05) is 0 Å². The molecule has 8 heteroatoms. The standard InChI is InChI=1S/C22H16F2N4OS/c23-17-10-9-16(18(24)11-17)12-25-28-21(29)15-7-5-14(6-8-15)13-30-22-26-19-3-1-2-4-20(19)27-22/h1-12H,13H2,(H,26,27)(H,28,29)/b25-12+. The third kappa shape index (κ3) is 4.72. The van der Waals surface area contributed by atoms with E-state index in [1.165, 1.54) is 6.07 Å². The van der Waals surface area contributed by atoms with Gasteiger partial charge >= 0.3 is 0 Å². The van der Waals surface area contributed by atoms with Crippen LogP contribution in [0, 0.1) is 11.6 Å². The number of fused-ring (bicyclic) bond motifs is 1. The molecule has 0 radical (unpaired) electrons. The van der Waals surface area contributed by atoms with Crippen LogP contribution >= 0.6 is 11.8 Å². The van der Waals surface area contributed by atoms with E-state index in [4.69, 9.17) is 0 Å². The van der Waals surface area contributed by atoms with Crippen LogP contribution in [-0.2, 0) is 5.75 Å². The summed E-state index contributed by atoms with van der Waals surface area (Å²) in [6, 6.07) is 18.1. The zero-order valence-corrected chi connectivity index (χ0v) is 16.4. The van der Waals surface area contributed by atoms with Gasteiger partial charge in [0.05, 0.1) is 17.2 Å². The van der Waals surface area contributed by atoms with Crippen molar-refractivity contribution in [2.24, 2.45) is 5.10 Å². The first-order valence-corrected chi connectivity index (χ1v) is 10.0. The first-order valence-electron chi connectivity index (χ1n) is 9.03. The van der Waals surface area contributed by atoms with E-state index in [0.29, 0.717) is 11.3 Å². The van der Waals surface area contributed by atoms with E-state index in [1.807, 2.05) is 36.4 Å². The van der Waals surface area contributed by atoms with Gasteiger partial charge in [-0.05, 0) is 42.0 Å². The third-order valence-electron chi connectivity index (χ3n) is 4.29. The molecule has 30 heavy (non-hydrogen) atoms. The highest BCUT2D eigenvalue weighted by atomic mass is 32.2. The Hall–Kier alpha value is -3.52. The van der Waals surface area contributed by atoms with E-state index in [1.54, 1.807) is 23.9 Å². The van der Waals surface area contributed by atoms with Crippen LogP contribution in [0.4, 0.5) is 8.78 Å². The number of H-pyrrole nitrogens is 1. The molecule has 0 unspecified atom stereocenters. The molecule has 0 aliphatic carbocycles. The van der Waals surface area contributed by atoms with Crippen molar-refractivity contribution in [1.82, 2.24) is 15.4 Å². The number of halogens is 2. The van der Waals surface area contributed by atoms with Crippen molar-refractivity contribution in [2.45, 2.75) is 10.9 Å². The molecule has 0 aliphatic heterocycles. The first-order chi connectivity index (χ1) is 14.6. The molecule has 0 fully saturated rings. The van der Waals surface area contributed by atoms with Gasteiger partial charge in [-0.2, -0.15) is 5.10 Å². The summed E-state index contributed by atoms with van der Waals surface area (Å²) >= 11 is 1.57. The highest BCUT2D eigenvalue weighted by Crippen LogP contribution is 2.23. The molecular weight excluding hydrogens is 406 g/mol. The van der Waals surface area contributed by atoms with Crippen LogP contribution in [-0.4, -0.2) is 22.1 Å². The Morgan fingerprint density at radius 1 is 1.10 bits per heavy atom. The fourth-order valence-corrected chi connectivity index (χ4v) is 3.57. The van der Waals surface area contributed by atoms with Crippen LogP contribution in [0.15, 0.2) is 77.0 Å². The predicted molar refractivity (Wildman–Crippen MR) is 114 cm³/mol. The average Bonchev–Trinajstić information content (AvgIpc) is 3.17. The van der Waals surface area contributed by atoms with Crippen molar-refractivity contribution in [1.29, 1.82) is 0 Å². The van der Waals surface area contributed by atoms with Gasteiger partial charge in [0.1, 0.15) is 11.6 Å². The van der Waals surface area contributed by atoms with Gasteiger partial charge in [-0.25, -0.2) is 19.2 Å². The number of nitrogens with zero attached hydrogens (tertiary/aromatic N) is 2. The molecule has 4 aromatic rings. The van der Waals surface area contributed by atoms with Crippen molar-refractivity contribution in [3.8, 4) is 0 Å². The van der Waals surface area contributed by atoms with Crippen molar-refractivity contribution in [3.05, 3.63) is 95.1 Å². The summed E-state index contributed by atoms with van der Waals surface area (Å²) in [6.07, 6.45) is 1.13. The maximum Gasteiger partial charge on any atom is 0.271 e. The summed E-state index contributed by atoms with van der Waals surface area (Å²) in [5, 5.41) is 4.56.